The predicted molar refractivity (Wildman–Crippen MR) is 54.8 cm³/mol. The van der Waals surface area contributed by atoms with Gasteiger partial charge in [0, 0.05) is 12.6 Å². The van der Waals surface area contributed by atoms with Crippen LogP contribution < -0.4 is 0 Å². The van der Waals surface area contributed by atoms with E-state index in [0.29, 0.717) is 12.3 Å². The minimum Gasteiger partial charge on any atom is -0.359 e. The number of hydrogen-bond donors (Lipinski definition) is 0. The van der Waals surface area contributed by atoms with Crippen LogP contribution in [0.5, 0.6) is 0 Å². The fourth-order valence-electron chi connectivity index (χ4n) is 1.96. The Morgan fingerprint density at radius 2 is 2.33 bits per heavy atom. The van der Waals surface area contributed by atoms with Crippen LogP contribution in [0.15, 0.2) is 10.6 Å². The van der Waals surface area contributed by atoms with Gasteiger partial charge in [0.05, 0.1) is 18.0 Å². The van der Waals surface area contributed by atoms with Gasteiger partial charge in [0.1, 0.15) is 0 Å². The molecule has 1 saturated heterocycles. The Bertz CT molecular complexity index is 452. The van der Waals surface area contributed by atoms with E-state index >= 15 is 0 Å². The lowest BCUT2D eigenvalue weighted by Gasteiger charge is -2.19. The molecule has 0 N–H and O–H groups in total. The molecule has 2 heterocycles. The Morgan fingerprint density at radius 1 is 1.60 bits per heavy atom. The van der Waals surface area contributed by atoms with Gasteiger partial charge in [0.15, 0.2) is 5.76 Å². The minimum absolute atomic E-state index is 0.166. The van der Waals surface area contributed by atoms with Crippen LogP contribution in [-0.2, 0) is 10.0 Å². The molecule has 6 heteroatoms. The van der Waals surface area contributed by atoms with E-state index in [4.69, 9.17) is 4.52 Å². The quantitative estimate of drug-likeness (QED) is 0.762. The topological polar surface area (TPSA) is 63.4 Å². The predicted octanol–water partition coefficient (Wildman–Crippen LogP) is 1.08. The molecule has 84 valence electrons. The third-order valence-electron chi connectivity index (χ3n) is 2.60. The van der Waals surface area contributed by atoms with Gasteiger partial charge in [-0.15, -0.1) is 0 Å². The highest BCUT2D eigenvalue weighted by Gasteiger charge is 2.34. The van der Waals surface area contributed by atoms with E-state index in [9.17, 15) is 8.42 Å². The van der Waals surface area contributed by atoms with Crippen molar-refractivity contribution in [3.63, 3.8) is 0 Å². The van der Waals surface area contributed by atoms with Gasteiger partial charge in [-0.2, -0.15) is 4.31 Å². The normalized spacial score (nSPS) is 23.5. The summed E-state index contributed by atoms with van der Waals surface area (Å²) in [5.74, 6) is 0.649. The summed E-state index contributed by atoms with van der Waals surface area (Å²) in [5, 5.41) is 3.78. The van der Waals surface area contributed by atoms with E-state index in [2.05, 4.69) is 5.16 Å². The maximum atomic E-state index is 11.5. The maximum absolute atomic E-state index is 11.5. The molecule has 0 spiro atoms. The highest BCUT2D eigenvalue weighted by molar-refractivity contribution is 7.88. The molecule has 1 unspecified atom stereocenters. The number of sulfonamides is 1. The minimum atomic E-state index is -3.15. The zero-order chi connectivity index (χ0) is 11.1. The summed E-state index contributed by atoms with van der Waals surface area (Å²) in [5.41, 5.74) is 0.783. The Morgan fingerprint density at radius 3 is 2.87 bits per heavy atom. The number of hydrogen-bond acceptors (Lipinski definition) is 4. The Balaban J connectivity index is 2.30. The van der Waals surface area contributed by atoms with Gasteiger partial charge in [-0.25, -0.2) is 8.42 Å². The van der Waals surface area contributed by atoms with Gasteiger partial charge in [-0.1, -0.05) is 5.16 Å². The molecule has 1 aromatic rings. The summed E-state index contributed by atoms with van der Waals surface area (Å²) in [6.07, 6.45) is 2.91. The number of nitrogens with zero attached hydrogens (tertiary/aromatic N) is 2. The molecule has 2 rings (SSSR count). The lowest BCUT2D eigenvalue weighted by molar-refractivity contribution is 0.298. The molecule has 1 atom stereocenters. The van der Waals surface area contributed by atoms with Crippen LogP contribution in [0.1, 0.15) is 30.3 Å². The van der Waals surface area contributed by atoms with Crippen molar-refractivity contribution in [2.75, 3.05) is 12.8 Å². The van der Waals surface area contributed by atoms with Gasteiger partial charge < -0.3 is 4.52 Å². The molecule has 15 heavy (non-hydrogen) atoms. The van der Waals surface area contributed by atoms with Crippen molar-refractivity contribution in [2.45, 2.75) is 25.8 Å². The standard InChI is InChI=1S/C9H14N2O3S/c1-7-6-9(14-10-7)8-4-3-5-11(8)15(2,12)13/h6,8H,3-5H2,1-2H3. The summed E-state index contributed by atoms with van der Waals surface area (Å²) < 4.78 is 29.6. The van der Waals surface area contributed by atoms with Crippen molar-refractivity contribution in [3.05, 3.63) is 17.5 Å². The van der Waals surface area contributed by atoms with Crippen molar-refractivity contribution in [2.24, 2.45) is 0 Å². The summed E-state index contributed by atoms with van der Waals surface area (Å²) in [6.45, 7) is 2.40. The first-order valence-electron chi connectivity index (χ1n) is 4.88. The molecule has 5 nitrogen and oxygen atoms in total. The van der Waals surface area contributed by atoms with Gasteiger partial charge in [0.2, 0.25) is 10.0 Å². The van der Waals surface area contributed by atoms with Crippen LogP contribution in [0, 0.1) is 6.92 Å². The largest absolute Gasteiger partial charge is 0.359 e. The molecule has 1 aromatic heterocycles. The van der Waals surface area contributed by atoms with Crippen LogP contribution in [-0.4, -0.2) is 30.7 Å². The van der Waals surface area contributed by atoms with Gasteiger partial charge in [-0.3, -0.25) is 0 Å². The van der Waals surface area contributed by atoms with E-state index in [1.165, 1.54) is 10.6 Å². The first-order chi connectivity index (χ1) is 6.98. The van der Waals surface area contributed by atoms with Crippen molar-refractivity contribution >= 4 is 10.0 Å². The van der Waals surface area contributed by atoms with E-state index in [-0.39, 0.29) is 6.04 Å². The molecular weight excluding hydrogens is 216 g/mol. The van der Waals surface area contributed by atoms with Crippen LogP contribution in [0.2, 0.25) is 0 Å². The summed E-state index contributed by atoms with van der Waals surface area (Å²) in [7, 11) is -3.15. The summed E-state index contributed by atoms with van der Waals surface area (Å²) in [6, 6.07) is 1.63. The second-order valence-corrected chi connectivity index (χ2v) is 5.84. The lowest BCUT2D eigenvalue weighted by atomic mass is 10.2. The average Bonchev–Trinajstić information content (AvgIpc) is 2.68. The maximum Gasteiger partial charge on any atom is 0.211 e. The number of aryl methyl sites for hydroxylation is 1. The third kappa shape index (κ3) is 2.05. The summed E-state index contributed by atoms with van der Waals surface area (Å²) in [4.78, 5) is 0. The highest BCUT2D eigenvalue weighted by Crippen LogP contribution is 2.33. The monoisotopic (exact) mass is 230 g/mol. The smallest absolute Gasteiger partial charge is 0.211 e. The van der Waals surface area contributed by atoms with Crippen molar-refractivity contribution < 1.29 is 12.9 Å². The Kier molecular flexibility index (Phi) is 2.56. The van der Waals surface area contributed by atoms with E-state index < -0.39 is 10.0 Å². The van der Waals surface area contributed by atoms with Crippen molar-refractivity contribution in [1.29, 1.82) is 0 Å². The van der Waals surface area contributed by atoms with Crippen molar-refractivity contribution in [1.82, 2.24) is 9.46 Å². The third-order valence-corrected chi connectivity index (χ3v) is 3.89. The molecule has 0 saturated carbocycles. The fourth-order valence-corrected chi connectivity index (χ4v) is 3.09. The first kappa shape index (κ1) is 10.6. The molecule has 0 aliphatic carbocycles. The summed E-state index contributed by atoms with van der Waals surface area (Å²) >= 11 is 0. The SMILES string of the molecule is Cc1cc(C2CCCN2S(C)(=O)=O)on1. The van der Waals surface area contributed by atoms with Crippen LogP contribution in [0.4, 0.5) is 0 Å². The fraction of sp³-hybridized carbons (Fsp3) is 0.667. The average molecular weight is 230 g/mol. The van der Waals surface area contributed by atoms with Crippen molar-refractivity contribution in [3.8, 4) is 0 Å². The molecular formula is C9H14N2O3S. The van der Waals surface area contributed by atoms with Gasteiger partial charge >= 0.3 is 0 Å². The molecule has 0 bridgehead atoms. The van der Waals surface area contributed by atoms with E-state index in [1.54, 1.807) is 6.07 Å². The highest BCUT2D eigenvalue weighted by atomic mass is 32.2. The Labute approximate surface area is 89.1 Å². The molecule has 0 amide bonds. The van der Waals surface area contributed by atoms with E-state index in [0.717, 1.165) is 18.5 Å². The van der Waals surface area contributed by atoms with Crippen LogP contribution >= 0.6 is 0 Å². The zero-order valence-corrected chi connectivity index (χ0v) is 9.62. The molecule has 0 radical (unpaired) electrons. The zero-order valence-electron chi connectivity index (χ0n) is 8.80. The molecule has 1 aliphatic heterocycles. The second kappa shape index (κ2) is 3.61. The first-order valence-corrected chi connectivity index (χ1v) is 6.73. The molecule has 1 fully saturated rings. The van der Waals surface area contributed by atoms with E-state index in [1.807, 2.05) is 6.92 Å². The number of aromatic nitrogens is 1. The van der Waals surface area contributed by atoms with Crippen LogP contribution in [0.25, 0.3) is 0 Å². The van der Waals surface area contributed by atoms with Gasteiger partial charge in [-0.05, 0) is 19.8 Å². The van der Waals surface area contributed by atoms with Crippen LogP contribution in [0.3, 0.4) is 0 Å². The molecule has 0 aromatic carbocycles. The second-order valence-electron chi connectivity index (χ2n) is 3.90. The molecule has 1 aliphatic rings. The van der Waals surface area contributed by atoms with Gasteiger partial charge in [0.25, 0.3) is 0 Å². The lowest BCUT2D eigenvalue weighted by Crippen LogP contribution is -2.29. The Hall–Kier alpha value is -0.880. The number of rotatable bonds is 2.